The second-order valence-electron chi connectivity index (χ2n) is 7.00. The van der Waals surface area contributed by atoms with E-state index in [4.69, 9.17) is 18.6 Å². The Labute approximate surface area is 189 Å². The second-order valence-corrected chi connectivity index (χ2v) is 7.00. The average Bonchev–Trinajstić information content (AvgIpc) is 3.31. The quantitative estimate of drug-likeness (QED) is 0.402. The molecule has 2 heterocycles. The predicted octanol–water partition coefficient (Wildman–Crippen LogP) is 4.67. The van der Waals surface area contributed by atoms with E-state index in [1.807, 2.05) is 0 Å². The van der Waals surface area contributed by atoms with E-state index >= 15 is 0 Å². The van der Waals surface area contributed by atoms with Gasteiger partial charge in [0.1, 0.15) is 22.9 Å². The Morgan fingerprint density at radius 2 is 1.76 bits per heavy atom. The summed E-state index contributed by atoms with van der Waals surface area (Å²) in [7, 11) is 4.57. The number of aromatic nitrogens is 1. The molecule has 0 unspecified atom stereocenters. The Balaban J connectivity index is 1.64. The zero-order chi connectivity index (χ0) is 23.4. The van der Waals surface area contributed by atoms with E-state index < -0.39 is 11.7 Å². The molecule has 4 rings (SSSR count). The molecule has 2 N–H and O–H groups in total. The van der Waals surface area contributed by atoms with Crippen LogP contribution in [-0.4, -0.2) is 32.2 Å². The molecule has 33 heavy (non-hydrogen) atoms. The van der Waals surface area contributed by atoms with E-state index in [2.05, 4.69) is 15.6 Å². The third-order valence-electron chi connectivity index (χ3n) is 5.01. The highest BCUT2D eigenvalue weighted by atomic mass is 19.1. The van der Waals surface area contributed by atoms with Crippen LogP contribution in [0.3, 0.4) is 0 Å². The number of furan rings is 1. The molecule has 1 amide bonds. The Hall–Kier alpha value is -4.27. The number of amides is 1. The first-order chi connectivity index (χ1) is 16.0. The van der Waals surface area contributed by atoms with Crippen LogP contribution in [-0.2, 0) is 6.54 Å². The van der Waals surface area contributed by atoms with Gasteiger partial charge in [-0.1, -0.05) is 18.2 Å². The van der Waals surface area contributed by atoms with Crippen molar-refractivity contribution in [3.8, 4) is 17.2 Å². The average molecular weight is 451 g/mol. The minimum absolute atomic E-state index is 0.0268. The second kappa shape index (κ2) is 9.47. The largest absolute Gasteiger partial charge is 0.493 e. The number of carbonyl (C=O) groups is 1. The van der Waals surface area contributed by atoms with Gasteiger partial charge in [-0.05, 0) is 12.1 Å². The van der Waals surface area contributed by atoms with Gasteiger partial charge in [-0.15, -0.1) is 0 Å². The highest BCUT2D eigenvalue weighted by molar-refractivity contribution is 5.99. The number of carbonyl (C=O) groups excluding carboxylic acids is 1. The lowest BCUT2D eigenvalue weighted by molar-refractivity contribution is 0.0946. The van der Waals surface area contributed by atoms with Gasteiger partial charge in [0, 0.05) is 36.0 Å². The molecule has 0 aliphatic carbocycles. The maximum Gasteiger partial charge on any atom is 0.270 e. The number of hydrogen-bond donors (Lipinski definition) is 2. The van der Waals surface area contributed by atoms with Gasteiger partial charge < -0.3 is 29.3 Å². The first-order valence-electron chi connectivity index (χ1n) is 10.0. The number of hydrogen-bond acceptors (Lipinski definition) is 7. The van der Waals surface area contributed by atoms with Crippen LogP contribution in [0.15, 0.2) is 59.2 Å². The van der Waals surface area contributed by atoms with Crippen LogP contribution in [0.1, 0.15) is 16.1 Å². The van der Waals surface area contributed by atoms with Crippen LogP contribution in [0, 0.1) is 5.82 Å². The maximum absolute atomic E-state index is 13.9. The zero-order valence-corrected chi connectivity index (χ0v) is 18.3. The fraction of sp³-hybridized carbons (Fsp3) is 0.167. The molecule has 0 spiro atoms. The molecular formula is C24H22FN3O5. The van der Waals surface area contributed by atoms with Gasteiger partial charge in [0.25, 0.3) is 5.91 Å². The molecule has 0 bridgehead atoms. The van der Waals surface area contributed by atoms with Gasteiger partial charge in [-0.25, -0.2) is 9.37 Å². The molecule has 0 aliphatic heterocycles. The van der Waals surface area contributed by atoms with Crippen molar-refractivity contribution in [3.05, 3.63) is 71.9 Å². The van der Waals surface area contributed by atoms with Crippen molar-refractivity contribution in [2.45, 2.75) is 6.54 Å². The fourth-order valence-corrected chi connectivity index (χ4v) is 3.37. The smallest absolute Gasteiger partial charge is 0.270 e. The predicted molar refractivity (Wildman–Crippen MR) is 121 cm³/mol. The van der Waals surface area contributed by atoms with Gasteiger partial charge in [0.2, 0.25) is 5.75 Å². The van der Waals surface area contributed by atoms with Crippen LogP contribution in [0.25, 0.3) is 11.0 Å². The monoisotopic (exact) mass is 451 g/mol. The van der Waals surface area contributed by atoms with Gasteiger partial charge in [-0.2, -0.15) is 0 Å². The Bertz CT molecular complexity index is 1280. The fourth-order valence-electron chi connectivity index (χ4n) is 3.37. The lowest BCUT2D eigenvalue weighted by Crippen LogP contribution is -2.24. The molecule has 0 saturated heterocycles. The minimum atomic E-state index is -0.468. The maximum atomic E-state index is 13.9. The summed E-state index contributed by atoms with van der Waals surface area (Å²) in [5.74, 6) is 0.907. The summed E-state index contributed by atoms with van der Waals surface area (Å²) in [5, 5.41) is 6.55. The summed E-state index contributed by atoms with van der Waals surface area (Å²) >= 11 is 0. The van der Waals surface area contributed by atoms with Gasteiger partial charge in [0.05, 0.1) is 33.0 Å². The highest BCUT2D eigenvalue weighted by Crippen LogP contribution is 2.41. The molecule has 0 fully saturated rings. The van der Waals surface area contributed by atoms with Gasteiger partial charge >= 0.3 is 0 Å². The summed E-state index contributed by atoms with van der Waals surface area (Å²) in [6.07, 6.45) is 1.51. The third kappa shape index (κ3) is 4.52. The number of rotatable bonds is 8. The molecule has 0 radical (unpaired) electrons. The van der Waals surface area contributed by atoms with Crippen LogP contribution < -0.4 is 24.8 Å². The molecule has 0 saturated carbocycles. The Morgan fingerprint density at radius 1 is 1.03 bits per heavy atom. The molecule has 0 atom stereocenters. The first-order valence-corrected chi connectivity index (χ1v) is 10.0. The third-order valence-corrected chi connectivity index (χ3v) is 5.01. The lowest BCUT2D eigenvalue weighted by atomic mass is 10.2. The van der Waals surface area contributed by atoms with Crippen molar-refractivity contribution < 1.29 is 27.8 Å². The number of fused-ring (bicyclic) bond motifs is 1. The van der Waals surface area contributed by atoms with E-state index in [0.29, 0.717) is 45.3 Å². The summed E-state index contributed by atoms with van der Waals surface area (Å²) in [5.41, 5.74) is 1.56. The molecule has 2 aromatic heterocycles. The van der Waals surface area contributed by atoms with E-state index in [1.54, 1.807) is 36.4 Å². The zero-order valence-electron chi connectivity index (χ0n) is 18.3. The summed E-state index contributed by atoms with van der Waals surface area (Å²) in [6.45, 7) is 0.0268. The van der Waals surface area contributed by atoms with Crippen molar-refractivity contribution in [3.63, 3.8) is 0 Å². The number of anilines is 2. The molecule has 0 aliphatic rings. The first kappa shape index (κ1) is 21.9. The van der Waals surface area contributed by atoms with Crippen molar-refractivity contribution in [2.24, 2.45) is 0 Å². The van der Waals surface area contributed by atoms with E-state index in [1.165, 1.54) is 39.7 Å². The number of methoxy groups -OCH3 is 3. The number of pyridine rings is 1. The molecule has 9 heteroatoms. The van der Waals surface area contributed by atoms with Crippen molar-refractivity contribution in [1.29, 1.82) is 0 Å². The van der Waals surface area contributed by atoms with E-state index in [0.717, 1.165) is 0 Å². The normalized spacial score (nSPS) is 10.7. The van der Waals surface area contributed by atoms with Crippen molar-refractivity contribution in [1.82, 2.24) is 10.3 Å². The number of ether oxygens (including phenoxy) is 3. The van der Waals surface area contributed by atoms with Crippen LogP contribution in [0.5, 0.6) is 17.2 Å². The Morgan fingerprint density at radius 3 is 2.42 bits per heavy atom. The molecular weight excluding hydrogens is 429 g/mol. The standard InChI is InChI=1S/C24H22FN3O5/c1-30-20-10-15(11-21(31-2)22(20)32-3)27-23-16-8-9-33-19(16)12-18(28-23)24(29)26-13-14-6-4-5-7-17(14)25/h4-12H,13H2,1-3H3,(H,26,29)(H,27,28). The summed E-state index contributed by atoms with van der Waals surface area (Å²) in [6, 6.07) is 13.0. The number of halogens is 1. The van der Waals surface area contributed by atoms with Gasteiger partial charge in [0.15, 0.2) is 11.5 Å². The van der Waals surface area contributed by atoms with Crippen molar-refractivity contribution in [2.75, 3.05) is 26.6 Å². The van der Waals surface area contributed by atoms with E-state index in [9.17, 15) is 9.18 Å². The Kier molecular flexibility index (Phi) is 6.30. The number of nitrogens with one attached hydrogen (secondary N) is 2. The van der Waals surface area contributed by atoms with E-state index in [-0.39, 0.29) is 12.2 Å². The SMILES string of the molecule is COc1cc(Nc2nc(C(=O)NCc3ccccc3F)cc3occc23)cc(OC)c1OC. The van der Waals surface area contributed by atoms with Crippen LogP contribution in [0.2, 0.25) is 0 Å². The van der Waals surface area contributed by atoms with Crippen molar-refractivity contribution >= 4 is 28.4 Å². The molecule has 2 aromatic carbocycles. The minimum Gasteiger partial charge on any atom is -0.493 e. The van der Waals surface area contributed by atoms with Crippen LogP contribution in [0.4, 0.5) is 15.9 Å². The highest BCUT2D eigenvalue weighted by Gasteiger charge is 2.17. The topological polar surface area (TPSA) is 94.9 Å². The summed E-state index contributed by atoms with van der Waals surface area (Å²) < 4.78 is 35.5. The summed E-state index contributed by atoms with van der Waals surface area (Å²) in [4.78, 5) is 17.2. The number of benzene rings is 2. The van der Waals surface area contributed by atoms with Crippen LogP contribution >= 0.6 is 0 Å². The van der Waals surface area contributed by atoms with Gasteiger partial charge in [-0.3, -0.25) is 4.79 Å². The molecule has 4 aromatic rings. The lowest BCUT2D eigenvalue weighted by Gasteiger charge is -2.15. The number of nitrogens with zero attached hydrogens (tertiary/aromatic N) is 1. The molecule has 170 valence electrons. The molecule has 8 nitrogen and oxygen atoms in total.